The van der Waals surface area contributed by atoms with Crippen LogP contribution >= 0.6 is 0 Å². The highest BCUT2D eigenvalue weighted by Gasteiger charge is 2.41. The Kier molecular flexibility index (Phi) is 6.55. The number of halogens is 3. The number of alkyl halides is 3. The fraction of sp³-hybridized carbons (Fsp3) is 0.300. The summed E-state index contributed by atoms with van der Waals surface area (Å²) < 4.78 is 39.7. The van der Waals surface area contributed by atoms with Gasteiger partial charge in [-0.1, -0.05) is 61.5 Å². The Labute approximate surface area is 150 Å². The number of ketones is 1. The van der Waals surface area contributed by atoms with Crippen LogP contribution in [-0.4, -0.2) is 17.9 Å². The lowest BCUT2D eigenvalue weighted by molar-refractivity contribution is -0.163. The molecule has 0 fully saturated rings. The molecule has 0 heterocycles. The highest BCUT2D eigenvalue weighted by atomic mass is 19.4. The van der Waals surface area contributed by atoms with Crippen LogP contribution in [0.15, 0.2) is 54.6 Å². The molecule has 26 heavy (non-hydrogen) atoms. The van der Waals surface area contributed by atoms with E-state index in [1.54, 1.807) is 18.2 Å². The topological polar surface area (TPSA) is 46.2 Å². The quantitative estimate of drug-likeness (QED) is 0.729. The molecule has 2 aromatic carbocycles. The highest BCUT2D eigenvalue weighted by molar-refractivity contribution is 5.98. The molecule has 0 aliphatic rings. The van der Waals surface area contributed by atoms with Crippen molar-refractivity contribution in [2.45, 2.75) is 38.4 Å². The first kappa shape index (κ1) is 19.7. The van der Waals surface area contributed by atoms with Crippen LogP contribution in [0.5, 0.6) is 0 Å². The lowest BCUT2D eigenvalue weighted by atomic mass is 10.0. The molecular formula is C20H20F3NO2. The van der Waals surface area contributed by atoms with E-state index in [0.29, 0.717) is 5.56 Å². The molecule has 0 spiro atoms. The minimum absolute atomic E-state index is 0.0465. The van der Waals surface area contributed by atoms with Gasteiger partial charge in [0, 0.05) is 18.4 Å². The number of benzene rings is 2. The monoisotopic (exact) mass is 363 g/mol. The molecule has 2 aromatic rings. The standard InChI is InChI=1S/C20H20F3NO2/c1-2-14-8-10-15(11-9-14)17(25)12-13-18(26)24-19(20(21,22)23)16-6-4-3-5-7-16/h3-11,19H,2,12-13H2,1H3,(H,24,26). The molecule has 6 heteroatoms. The number of nitrogens with one attached hydrogen (secondary N) is 1. The largest absolute Gasteiger partial charge is 0.412 e. The van der Waals surface area contributed by atoms with Gasteiger partial charge >= 0.3 is 6.18 Å². The van der Waals surface area contributed by atoms with Crippen LogP contribution in [0.2, 0.25) is 0 Å². The van der Waals surface area contributed by atoms with Gasteiger partial charge in [0.1, 0.15) is 0 Å². The molecule has 0 saturated carbocycles. The van der Waals surface area contributed by atoms with E-state index >= 15 is 0 Å². The van der Waals surface area contributed by atoms with E-state index in [4.69, 9.17) is 0 Å². The Morgan fingerprint density at radius 3 is 2.12 bits per heavy atom. The van der Waals surface area contributed by atoms with Crippen molar-refractivity contribution < 1.29 is 22.8 Å². The molecule has 1 unspecified atom stereocenters. The molecule has 0 saturated heterocycles. The summed E-state index contributed by atoms with van der Waals surface area (Å²) in [5.74, 6) is -1.08. The summed E-state index contributed by atoms with van der Waals surface area (Å²) in [6.45, 7) is 1.99. The zero-order valence-corrected chi connectivity index (χ0v) is 14.3. The van der Waals surface area contributed by atoms with E-state index in [9.17, 15) is 22.8 Å². The molecule has 0 radical (unpaired) electrons. The Bertz CT molecular complexity index is 740. The average Bonchev–Trinajstić information content (AvgIpc) is 2.64. The fourth-order valence-corrected chi connectivity index (χ4v) is 2.53. The van der Waals surface area contributed by atoms with E-state index in [1.165, 1.54) is 24.3 Å². The molecule has 0 aromatic heterocycles. The van der Waals surface area contributed by atoms with Crippen LogP contribution in [0, 0.1) is 0 Å². The summed E-state index contributed by atoms with van der Waals surface area (Å²) in [5, 5.41) is 1.98. The lowest BCUT2D eigenvalue weighted by Gasteiger charge is -2.22. The van der Waals surface area contributed by atoms with Gasteiger partial charge in [-0.2, -0.15) is 13.2 Å². The van der Waals surface area contributed by atoms with Crippen LogP contribution in [0.25, 0.3) is 0 Å². The second kappa shape index (κ2) is 8.65. The highest BCUT2D eigenvalue weighted by Crippen LogP contribution is 2.32. The molecule has 1 atom stereocenters. The zero-order chi connectivity index (χ0) is 19.2. The summed E-state index contributed by atoms with van der Waals surface area (Å²) in [6, 6.07) is 12.1. The van der Waals surface area contributed by atoms with E-state index in [0.717, 1.165) is 12.0 Å². The first-order valence-corrected chi connectivity index (χ1v) is 8.34. The first-order valence-electron chi connectivity index (χ1n) is 8.34. The maximum absolute atomic E-state index is 13.2. The number of carbonyl (C=O) groups is 2. The molecule has 2 rings (SSSR count). The van der Waals surface area contributed by atoms with Gasteiger partial charge in [0.2, 0.25) is 5.91 Å². The molecule has 1 amide bonds. The average molecular weight is 363 g/mol. The third-order valence-corrected chi connectivity index (χ3v) is 4.03. The lowest BCUT2D eigenvalue weighted by Crippen LogP contribution is -2.38. The van der Waals surface area contributed by atoms with Crippen molar-refractivity contribution >= 4 is 11.7 Å². The van der Waals surface area contributed by atoms with E-state index < -0.39 is 18.1 Å². The van der Waals surface area contributed by atoms with Gasteiger partial charge in [-0.3, -0.25) is 9.59 Å². The van der Waals surface area contributed by atoms with Gasteiger partial charge in [-0.15, -0.1) is 0 Å². The number of carbonyl (C=O) groups excluding carboxylic acids is 2. The maximum Gasteiger partial charge on any atom is 0.412 e. The van der Waals surface area contributed by atoms with Gasteiger partial charge in [0.25, 0.3) is 0 Å². The number of rotatable bonds is 7. The minimum Gasteiger partial charge on any atom is -0.341 e. The third-order valence-electron chi connectivity index (χ3n) is 4.03. The van der Waals surface area contributed by atoms with Crippen molar-refractivity contribution in [1.29, 1.82) is 0 Å². The molecule has 138 valence electrons. The number of aryl methyl sites for hydroxylation is 1. The van der Waals surface area contributed by atoms with Gasteiger partial charge in [0.15, 0.2) is 11.8 Å². The summed E-state index contributed by atoms with van der Waals surface area (Å²) in [4.78, 5) is 24.0. The smallest absolute Gasteiger partial charge is 0.341 e. The third kappa shape index (κ3) is 5.44. The van der Waals surface area contributed by atoms with Crippen LogP contribution in [0.4, 0.5) is 13.2 Å². The Balaban J connectivity index is 1.96. The number of amides is 1. The van der Waals surface area contributed by atoms with Crippen LogP contribution in [0.3, 0.4) is 0 Å². The predicted octanol–water partition coefficient (Wildman–Crippen LogP) is 4.63. The SMILES string of the molecule is CCc1ccc(C(=O)CCC(=O)NC(c2ccccc2)C(F)(F)F)cc1. The van der Waals surface area contributed by atoms with Crippen molar-refractivity contribution in [3.8, 4) is 0 Å². The van der Waals surface area contributed by atoms with Gasteiger partial charge in [-0.05, 0) is 17.5 Å². The Morgan fingerprint density at radius 2 is 1.58 bits per heavy atom. The maximum atomic E-state index is 13.2. The van der Waals surface area contributed by atoms with E-state index in [1.807, 2.05) is 24.4 Å². The van der Waals surface area contributed by atoms with Crippen LogP contribution < -0.4 is 5.32 Å². The summed E-state index contributed by atoms with van der Waals surface area (Å²) >= 11 is 0. The van der Waals surface area contributed by atoms with Gasteiger partial charge < -0.3 is 5.32 Å². The molecule has 0 aliphatic carbocycles. The summed E-state index contributed by atoms with van der Waals surface area (Å²) in [6.07, 6.45) is -4.21. The summed E-state index contributed by atoms with van der Waals surface area (Å²) in [5.41, 5.74) is 1.48. The molecule has 0 aliphatic heterocycles. The molecule has 0 bridgehead atoms. The van der Waals surface area contributed by atoms with Crippen molar-refractivity contribution in [3.05, 3.63) is 71.3 Å². The minimum atomic E-state index is -4.61. The van der Waals surface area contributed by atoms with Crippen LogP contribution in [0.1, 0.15) is 47.3 Å². The molecule has 1 N–H and O–H groups in total. The Hall–Kier alpha value is -2.63. The molecular weight excluding hydrogens is 343 g/mol. The van der Waals surface area contributed by atoms with Gasteiger partial charge in [-0.25, -0.2) is 0 Å². The predicted molar refractivity (Wildman–Crippen MR) is 92.8 cm³/mol. The number of hydrogen-bond donors (Lipinski definition) is 1. The molecule has 3 nitrogen and oxygen atoms in total. The fourth-order valence-electron chi connectivity index (χ4n) is 2.53. The summed E-state index contributed by atoms with van der Waals surface area (Å²) in [7, 11) is 0. The van der Waals surface area contributed by atoms with Crippen molar-refractivity contribution in [2.75, 3.05) is 0 Å². The normalized spacial score (nSPS) is 12.5. The van der Waals surface area contributed by atoms with Crippen molar-refractivity contribution in [3.63, 3.8) is 0 Å². The zero-order valence-electron chi connectivity index (χ0n) is 14.3. The van der Waals surface area contributed by atoms with Crippen LogP contribution in [-0.2, 0) is 11.2 Å². The second-order valence-corrected chi connectivity index (χ2v) is 5.93. The van der Waals surface area contributed by atoms with Gasteiger partial charge in [0.05, 0.1) is 0 Å². The number of Topliss-reactive ketones (excluding diaryl/α,β-unsaturated/α-hetero) is 1. The van der Waals surface area contributed by atoms with E-state index in [2.05, 4.69) is 0 Å². The Morgan fingerprint density at radius 1 is 0.962 bits per heavy atom. The van der Waals surface area contributed by atoms with Crippen molar-refractivity contribution in [1.82, 2.24) is 5.32 Å². The number of hydrogen-bond acceptors (Lipinski definition) is 2. The van der Waals surface area contributed by atoms with E-state index in [-0.39, 0.29) is 24.2 Å². The first-order chi connectivity index (χ1) is 12.3. The van der Waals surface area contributed by atoms with Crippen molar-refractivity contribution in [2.24, 2.45) is 0 Å². The second-order valence-electron chi connectivity index (χ2n) is 5.93.